The summed E-state index contributed by atoms with van der Waals surface area (Å²) in [7, 11) is 0. The van der Waals surface area contributed by atoms with Crippen LogP contribution in [0.15, 0.2) is 48.5 Å². The van der Waals surface area contributed by atoms with Crippen LogP contribution in [0.4, 0.5) is 4.39 Å². The summed E-state index contributed by atoms with van der Waals surface area (Å²) < 4.78 is 26.1. The van der Waals surface area contributed by atoms with Gasteiger partial charge in [-0.1, -0.05) is 210 Å². The Kier molecular flexibility index (Phi) is 32.7. The van der Waals surface area contributed by atoms with Crippen LogP contribution >= 0.6 is 0 Å². The van der Waals surface area contributed by atoms with Gasteiger partial charge in [-0.3, -0.25) is 4.79 Å². The zero-order chi connectivity index (χ0) is 41.7. The standard InChI is InChI=1S/C52H88FNO4/c1-4-6-8-10-12-14-17-23-31-47(32-24-18-15-13-11-9-7-5-2)33-25-22-29-39-54(40-43-57-44-41-55)38-28-19-16-20-30-42-58-52(56)46(3)49-36-37-50(51(53)45-49)48-34-26-21-27-35-48/h21,26-27,34-37,45-47,55H,4-20,22-25,28-33,38-44H2,1-3H3. The number of carbonyl (C=O) groups excluding carboxylic acids is 1. The van der Waals surface area contributed by atoms with Crippen molar-refractivity contribution in [2.45, 2.75) is 200 Å². The lowest BCUT2D eigenvalue weighted by molar-refractivity contribution is -0.145. The molecule has 2 aromatic rings. The van der Waals surface area contributed by atoms with E-state index in [1.54, 1.807) is 13.0 Å². The SMILES string of the molecule is CCCCCCCCCCC(CCCCCCCCCC)CCCCCN(CCCCCCCOC(=O)C(C)c1ccc(-c2ccccc2)c(F)c1)CCOCCO. The van der Waals surface area contributed by atoms with E-state index in [0.717, 1.165) is 63.2 Å². The molecule has 0 amide bonds. The molecule has 0 bridgehead atoms. The Morgan fingerprint density at radius 2 is 1.10 bits per heavy atom. The first kappa shape index (κ1) is 51.9. The molecule has 2 rings (SSSR count). The molecular formula is C52H88FNO4. The number of esters is 1. The number of aliphatic hydroxyl groups excluding tert-OH is 1. The van der Waals surface area contributed by atoms with E-state index in [1.165, 1.54) is 147 Å². The van der Waals surface area contributed by atoms with Crippen molar-refractivity contribution in [2.75, 3.05) is 46.1 Å². The molecule has 332 valence electrons. The van der Waals surface area contributed by atoms with Crippen molar-refractivity contribution >= 4 is 5.97 Å². The van der Waals surface area contributed by atoms with E-state index in [9.17, 15) is 9.18 Å². The summed E-state index contributed by atoms with van der Waals surface area (Å²) in [6.07, 6.45) is 36.1. The van der Waals surface area contributed by atoms with Crippen molar-refractivity contribution in [3.05, 3.63) is 59.9 Å². The number of carbonyl (C=O) groups is 1. The van der Waals surface area contributed by atoms with Crippen molar-refractivity contribution in [1.29, 1.82) is 0 Å². The van der Waals surface area contributed by atoms with Crippen LogP contribution in [0.5, 0.6) is 0 Å². The highest BCUT2D eigenvalue weighted by Gasteiger charge is 2.19. The number of unbranched alkanes of at least 4 members (excludes halogenated alkanes) is 20. The number of benzene rings is 2. The fraction of sp³-hybridized carbons (Fsp3) is 0.750. The Labute approximate surface area is 356 Å². The van der Waals surface area contributed by atoms with Crippen LogP contribution in [-0.4, -0.2) is 62.0 Å². The van der Waals surface area contributed by atoms with Crippen molar-refractivity contribution in [2.24, 2.45) is 5.92 Å². The van der Waals surface area contributed by atoms with Crippen LogP contribution in [0.2, 0.25) is 0 Å². The average Bonchev–Trinajstić information content (AvgIpc) is 3.24. The molecule has 0 radical (unpaired) electrons. The summed E-state index contributed by atoms with van der Waals surface area (Å²) in [5, 5.41) is 9.16. The minimum atomic E-state index is -0.507. The van der Waals surface area contributed by atoms with E-state index in [2.05, 4.69) is 18.7 Å². The lowest BCUT2D eigenvalue weighted by Gasteiger charge is -2.23. The molecule has 0 saturated carbocycles. The third kappa shape index (κ3) is 26.0. The van der Waals surface area contributed by atoms with Crippen LogP contribution in [0.3, 0.4) is 0 Å². The molecule has 0 saturated heterocycles. The Morgan fingerprint density at radius 1 is 0.603 bits per heavy atom. The van der Waals surface area contributed by atoms with Gasteiger partial charge in [0, 0.05) is 12.1 Å². The minimum Gasteiger partial charge on any atom is -0.465 e. The van der Waals surface area contributed by atoms with Crippen LogP contribution in [-0.2, 0) is 14.3 Å². The van der Waals surface area contributed by atoms with Crippen LogP contribution < -0.4 is 0 Å². The van der Waals surface area contributed by atoms with Gasteiger partial charge in [0.2, 0.25) is 0 Å². The van der Waals surface area contributed by atoms with Gasteiger partial charge in [0.25, 0.3) is 0 Å². The van der Waals surface area contributed by atoms with Crippen LogP contribution in [0.1, 0.15) is 206 Å². The molecule has 6 heteroatoms. The molecule has 0 aliphatic rings. The quantitative estimate of drug-likeness (QED) is 0.0537. The van der Waals surface area contributed by atoms with Gasteiger partial charge in [-0.2, -0.15) is 0 Å². The normalized spacial score (nSPS) is 12.2. The van der Waals surface area contributed by atoms with Gasteiger partial charge in [0.1, 0.15) is 5.82 Å². The molecule has 2 aromatic carbocycles. The topological polar surface area (TPSA) is 59.0 Å². The maximum atomic E-state index is 14.9. The molecule has 5 nitrogen and oxygen atoms in total. The molecule has 0 aliphatic carbocycles. The number of hydrogen-bond donors (Lipinski definition) is 1. The molecule has 0 heterocycles. The molecule has 1 unspecified atom stereocenters. The zero-order valence-electron chi connectivity index (χ0n) is 37.8. The largest absolute Gasteiger partial charge is 0.465 e. The van der Waals surface area contributed by atoms with Gasteiger partial charge >= 0.3 is 5.97 Å². The lowest BCUT2D eigenvalue weighted by atomic mass is 9.89. The van der Waals surface area contributed by atoms with Gasteiger partial charge in [-0.25, -0.2) is 4.39 Å². The minimum absolute atomic E-state index is 0.0771. The highest BCUT2D eigenvalue weighted by molar-refractivity contribution is 5.78. The van der Waals surface area contributed by atoms with Gasteiger partial charge in [0.15, 0.2) is 0 Å². The summed E-state index contributed by atoms with van der Waals surface area (Å²) in [6.45, 7) is 11.1. The van der Waals surface area contributed by atoms with Gasteiger partial charge in [0.05, 0.1) is 32.3 Å². The zero-order valence-corrected chi connectivity index (χ0v) is 37.8. The second-order valence-corrected chi connectivity index (χ2v) is 17.2. The second kappa shape index (κ2) is 36.6. The van der Waals surface area contributed by atoms with Crippen molar-refractivity contribution in [3.63, 3.8) is 0 Å². The van der Waals surface area contributed by atoms with E-state index in [-0.39, 0.29) is 18.4 Å². The van der Waals surface area contributed by atoms with E-state index in [4.69, 9.17) is 14.6 Å². The smallest absolute Gasteiger partial charge is 0.313 e. The molecule has 58 heavy (non-hydrogen) atoms. The Hall–Kier alpha value is -2.28. The van der Waals surface area contributed by atoms with Gasteiger partial charge < -0.3 is 19.5 Å². The predicted molar refractivity (Wildman–Crippen MR) is 245 cm³/mol. The van der Waals surface area contributed by atoms with E-state index in [1.807, 2.05) is 36.4 Å². The third-order valence-corrected chi connectivity index (χ3v) is 12.1. The summed E-state index contributed by atoms with van der Waals surface area (Å²) in [5.41, 5.74) is 2.00. The van der Waals surface area contributed by atoms with Gasteiger partial charge in [-0.15, -0.1) is 0 Å². The number of aliphatic hydroxyl groups is 1. The fourth-order valence-corrected chi connectivity index (χ4v) is 8.26. The summed E-state index contributed by atoms with van der Waals surface area (Å²) in [6, 6.07) is 14.5. The molecule has 0 aromatic heterocycles. The van der Waals surface area contributed by atoms with Crippen molar-refractivity contribution < 1.29 is 23.8 Å². The summed E-state index contributed by atoms with van der Waals surface area (Å²) in [5.74, 6) is -0.213. The third-order valence-electron chi connectivity index (χ3n) is 12.1. The fourth-order valence-electron chi connectivity index (χ4n) is 8.26. The molecule has 1 atom stereocenters. The molecule has 0 fully saturated rings. The highest BCUT2D eigenvalue weighted by atomic mass is 19.1. The van der Waals surface area contributed by atoms with Crippen LogP contribution in [0, 0.1) is 11.7 Å². The first-order valence-corrected chi connectivity index (χ1v) is 24.4. The Bertz CT molecular complexity index is 1210. The molecule has 0 aliphatic heterocycles. The number of rotatable bonds is 40. The predicted octanol–water partition coefficient (Wildman–Crippen LogP) is 14.6. The Balaban J connectivity index is 1.65. The summed E-state index contributed by atoms with van der Waals surface area (Å²) in [4.78, 5) is 15.3. The molecular weight excluding hydrogens is 722 g/mol. The van der Waals surface area contributed by atoms with E-state index < -0.39 is 5.92 Å². The Morgan fingerprint density at radius 3 is 1.64 bits per heavy atom. The number of ether oxygens (including phenoxy) is 2. The monoisotopic (exact) mass is 810 g/mol. The first-order valence-electron chi connectivity index (χ1n) is 24.4. The van der Waals surface area contributed by atoms with E-state index in [0.29, 0.717) is 30.9 Å². The highest BCUT2D eigenvalue weighted by Crippen LogP contribution is 2.27. The number of nitrogens with zero attached hydrogens (tertiary/aromatic N) is 1. The van der Waals surface area contributed by atoms with Crippen molar-refractivity contribution in [1.82, 2.24) is 4.90 Å². The van der Waals surface area contributed by atoms with Crippen molar-refractivity contribution in [3.8, 4) is 11.1 Å². The second-order valence-electron chi connectivity index (χ2n) is 17.2. The van der Waals surface area contributed by atoms with Gasteiger partial charge in [-0.05, 0) is 62.4 Å². The van der Waals surface area contributed by atoms with E-state index >= 15 is 0 Å². The number of halogens is 1. The summed E-state index contributed by atoms with van der Waals surface area (Å²) >= 11 is 0. The lowest BCUT2D eigenvalue weighted by Crippen LogP contribution is -2.30. The maximum absolute atomic E-state index is 14.9. The maximum Gasteiger partial charge on any atom is 0.313 e. The van der Waals surface area contributed by atoms with Crippen LogP contribution in [0.25, 0.3) is 11.1 Å². The first-order chi connectivity index (χ1) is 28.5. The molecule has 0 spiro atoms. The average molecular weight is 810 g/mol. The molecule has 1 N–H and O–H groups in total. The number of hydrogen-bond acceptors (Lipinski definition) is 5.